The number of nitriles is 1. The molecule has 0 bridgehead atoms. The maximum Gasteiger partial charge on any atom is 0.433 e. The van der Waals surface area contributed by atoms with Crippen molar-refractivity contribution in [3.8, 4) is 17.3 Å². The third-order valence-corrected chi connectivity index (χ3v) is 3.95. The van der Waals surface area contributed by atoms with Crippen molar-refractivity contribution >= 4 is 33.4 Å². The molecular formula is C14H7BrClF3N2O. The van der Waals surface area contributed by atoms with Gasteiger partial charge in [0, 0.05) is 17.5 Å². The predicted octanol–water partition coefficient (Wildman–Crippen LogP) is 5.12. The first-order chi connectivity index (χ1) is 10.2. The molecule has 0 saturated heterocycles. The number of hydrogen-bond acceptors (Lipinski definition) is 2. The van der Waals surface area contributed by atoms with Gasteiger partial charge in [-0.25, -0.2) is 0 Å². The van der Waals surface area contributed by atoms with E-state index < -0.39 is 22.3 Å². The topological polar surface area (TPSA) is 45.8 Å². The first kappa shape index (κ1) is 16.6. The lowest BCUT2D eigenvalue weighted by Gasteiger charge is -2.12. The summed E-state index contributed by atoms with van der Waals surface area (Å²) in [7, 11) is 0. The number of rotatable bonds is 1. The van der Waals surface area contributed by atoms with E-state index in [0.717, 1.165) is 6.92 Å². The highest BCUT2D eigenvalue weighted by atomic mass is 79.9. The summed E-state index contributed by atoms with van der Waals surface area (Å²) >= 11 is 8.54. The van der Waals surface area contributed by atoms with E-state index in [2.05, 4.69) is 15.9 Å². The molecular weight excluding hydrogens is 385 g/mol. The molecule has 0 fully saturated rings. The Kier molecular flexibility index (Phi) is 4.36. The van der Waals surface area contributed by atoms with Crippen LogP contribution in [-0.2, 0) is 6.18 Å². The minimum atomic E-state index is -4.79. The average Bonchev–Trinajstić information content (AvgIpc) is 2.72. The second kappa shape index (κ2) is 5.78. The lowest BCUT2D eigenvalue weighted by atomic mass is 10.1. The number of alkyl halides is 3. The Bertz CT molecular complexity index is 788. The molecule has 0 radical (unpaired) electrons. The number of aromatic nitrogens is 1. The normalized spacial score (nSPS) is 11.3. The summed E-state index contributed by atoms with van der Waals surface area (Å²) < 4.78 is 39.8. The van der Waals surface area contributed by atoms with Crippen molar-refractivity contribution in [2.75, 3.05) is 0 Å². The summed E-state index contributed by atoms with van der Waals surface area (Å²) in [6.07, 6.45) is -4.79. The Hall–Kier alpha value is -1.78. The number of nitrogens with zero attached hydrogens (tertiary/aromatic N) is 2. The molecule has 0 saturated carbocycles. The molecule has 22 heavy (non-hydrogen) atoms. The molecule has 1 aromatic heterocycles. The van der Waals surface area contributed by atoms with Crippen LogP contribution in [0.2, 0.25) is 5.02 Å². The predicted molar refractivity (Wildman–Crippen MR) is 78.6 cm³/mol. The van der Waals surface area contributed by atoms with Crippen LogP contribution in [0.3, 0.4) is 0 Å². The van der Waals surface area contributed by atoms with Crippen LogP contribution < -0.4 is 0 Å². The summed E-state index contributed by atoms with van der Waals surface area (Å²) in [4.78, 5) is 11.8. The maximum atomic E-state index is 13.2. The van der Waals surface area contributed by atoms with Gasteiger partial charge in [0.25, 0.3) is 0 Å². The van der Waals surface area contributed by atoms with E-state index in [1.807, 2.05) is 0 Å². The van der Waals surface area contributed by atoms with Crippen molar-refractivity contribution in [2.45, 2.75) is 13.1 Å². The van der Waals surface area contributed by atoms with E-state index in [1.165, 1.54) is 24.3 Å². The maximum absolute atomic E-state index is 13.2. The second-order valence-electron chi connectivity index (χ2n) is 4.36. The largest absolute Gasteiger partial charge is 0.433 e. The Morgan fingerprint density at radius 3 is 2.27 bits per heavy atom. The molecule has 0 amide bonds. The van der Waals surface area contributed by atoms with Crippen LogP contribution >= 0.6 is 27.5 Å². The quantitative estimate of drug-likeness (QED) is 0.677. The summed E-state index contributed by atoms with van der Waals surface area (Å²) in [5.41, 5.74) is -1.30. The highest BCUT2D eigenvalue weighted by Crippen LogP contribution is 2.43. The molecule has 8 heteroatoms. The fraction of sp³-hybridized carbons (Fsp3) is 0.143. The van der Waals surface area contributed by atoms with Crippen molar-refractivity contribution in [1.29, 1.82) is 5.26 Å². The third kappa shape index (κ3) is 2.76. The summed E-state index contributed by atoms with van der Waals surface area (Å²) in [5, 5.41) is 9.59. The molecule has 0 unspecified atom stereocenters. The molecule has 1 heterocycles. The average molecular weight is 392 g/mol. The Morgan fingerprint density at radius 2 is 1.86 bits per heavy atom. The molecule has 0 aliphatic rings. The lowest BCUT2D eigenvalue weighted by molar-refractivity contribution is -0.143. The summed E-state index contributed by atoms with van der Waals surface area (Å²) in [6, 6.07) is 7.55. The van der Waals surface area contributed by atoms with Gasteiger partial charge in [0.2, 0.25) is 5.91 Å². The SMILES string of the molecule is CC(=O)n1c(-c2ccc(Cl)cc2)c(C#N)c(Br)c1C(F)(F)F. The number of benzene rings is 1. The van der Waals surface area contributed by atoms with Crippen LogP contribution in [0.25, 0.3) is 11.3 Å². The number of carbonyl (C=O) groups is 1. The molecule has 0 spiro atoms. The monoisotopic (exact) mass is 390 g/mol. The first-order valence-electron chi connectivity index (χ1n) is 5.86. The molecule has 0 atom stereocenters. The molecule has 2 rings (SSSR count). The van der Waals surface area contributed by atoms with Crippen molar-refractivity contribution < 1.29 is 18.0 Å². The number of halogens is 5. The van der Waals surface area contributed by atoms with E-state index in [1.54, 1.807) is 6.07 Å². The van der Waals surface area contributed by atoms with Crippen LogP contribution in [-0.4, -0.2) is 10.5 Å². The highest BCUT2D eigenvalue weighted by Gasteiger charge is 2.41. The van der Waals surface area contributed by atoms with Gasteiger partial charge in [-0.2, -0.15) is 18.4 Å². The van der Waals surface area contributed by atoms with Crippen LogP contribution in [0, 0.1) is 11.3 Å². The molecule has 3 nitrogen and oxygen atoms in total. The lowest BCUT2D eigenvalue weighted by Crippen LogP contribution is -2.19. The van der Waals surface area contributed by atoms with Gasteiger partial charge in [0.1, 0.15) is 11.8 Å². The van der Waals surface area contributed by atoms with Crippen LogP contribution in [0.1, 0.15) is 23.0 Å². The molecule has 114 valence electrons. The van der Waals surface area contributed by atoms with E-state index >= 15 is 0 Å². The van der Waals surface area contributed by atoms with Gasteiger partial charge in [-0.3, -0.25) is 9.36 Å². The molecule has 2 aromatic rings. The molecule has 1 aromatic carbocycles. The fourth-order valence-corrected chi connectivity index (χ4v) is 2.90. The van der Waals surface area contributed by atoms with Gasteiger partial charge in [-0.1, -0.05) is 23.7 Å². The molecule has 0 aliphatic carbocycles. The molecule has 0 N–H and O–H groups in total. The van der Waals surface area contributed by atoms with Crippen molar-refractivity contribution in [3.63, 3.8) is 0 Å². The van der Waals surface area contributed by atoms with E-state index in [9.17, 15) is 23.2 Å². The Balaban J connectivity index is 2.92. The van der Waals surface area contributed by atoms with Crippen LogP contribution in [0.5, 0.6) is 0 Å². The Morgan fingerprint density at radius 1 is 1.32 bits per heavy atom. The van der Waals surface area contributed by atoms with Gasteiger partial charge in [0.15, 0.2) is 0 Å². The third-order valence-electron chi connectivity index (χ3n) is 2.92. The molecule has 0 aliphatic heterocycles. The van der Waals surface area contributed by atoms with Gasteiger partial charge < -0.3 is 0 Å². The second-order valence-corrected chi connectivity index (χ2v) is 5.59. The van der Waals surface area contributed by atoms with Crippen molar-refractivity contribution in [1.82, 2.24) is 4.57 Å². The van der Waals surface area contributed by atoms with Gasteiger partial charge >= 0.3 is 6.18 Å². The Labute approximate surface area is 137 Å². The zero-order chi connectivity index (χ0) is 16.7. The zero-order valence-corrected chi connectivity index (χ0v) is 13.3. The fourth-order valence-electron chi connectivity index (χ4n) is 2.09. The smallest absolute Gasteiger partial charge is 0.274 e. The summed E-state index contributed by atoms with van der Waals surface area (Å²) in [6.45, 7) is 1.00. The van der Waals surface area contributed by atoms with Crippen LogP contribution in [0.15, 0.2) is 28.7 Å². The standard InChI is InChI=1S/C14H7BrClF3N2O/c1-7(22)21-12(8-2-4-9(16)5-3-8)10(6-20)11(15)13(21)14(17,18)19/h2-5H,1H3. The number of carbonyl (C=O) groups excluding carboxylic acids is 1. The first-order valence-corrected chi connectivity index (χ1v) is 7.04. The minimum Gasteiger partial charge on any atom is -0.274 e. The van der Waals surface area contributed by atoms with Crippen LogP contribution in [0.4, 0.5) is 13.2 Å². The highest BCUT2D eigenvalue weighted by molar-refractivity contribution is 9.10. The van der Waals surface area contributed by atoms with Gasteiger partial charge in [-0.15, -0.1) is 0 Å². The van der Waals surface area contributed by atoms with E-state index in [0.29, 0.717) is 9.59 Å². The van der Waals surface area contributed by atoms with E-state index in [-0.39, 0.29) is 16.8 Å². The minimum absolute atomic E-state index is 0.120. The van der Waals surface area contributed by atoms with Crippen molar-refractivity contribution in [3.05, 3.63) is 45.0 Å². The summed E-state index contributed by atoms with van der Waals surface area (Å²) in [5.74, 6) is -0.848. The van der Waals surface area contributed by atoms with Crippen molar-refractivity contribution in [2.24, 2.45) is 0 Å². The number of hydrogen-bond donors (Lipinski definition) is 0. The zero-order valence-electron chi connectivity index (χ0n) is 11.0. The van der Waals surface area contributed by atoms with Gasteiger partial charge in [-0.05, 0) is 28.1 Å². The van der Waals surface area contributed by atoms with Gasteiger partial charge in [0.05, 0.1) is 15.7 Å². The van der Waals surface area contributed by atoms with E-state index in [4.69, 9.17) is 11.6 Å².